The standard InChI is InChI=1S/C11H19NO2/c1-11(10(13)14)4-8-3-9(5-11)7-12(2)6-8/h8-9H,3-7H2,1-2H3,(H,13,14)/t8-,9+,11?. The van der Waals surface area contributed by atoms with Crippen LogP contribution in [-0.2, 0) is 4.79 Å². The van der Waals surface area contributed by atoms with Crippen molar-refractivity contribution in [2.24, 2.45) is 17.3 Å². The van der Waals surface area contributed by atoms with Gasteiger partial charge >= 0.3 is 5.97 Å². The summed E-state index contributed by atoms with van der Waals surface area (Å²) in [5.74, 6) is 0.610. The number of likely N-dealkylation sites (tertiary alicyclic amines) is 1. The third-order valence-corrected chi connectivity index (χ3v) is 3.80. The van der Waals surface area contributed by atoms with Crippen molar-refractivity contribution in [1.82, 2.24) is 4.90 Å². The Bertz CT molecular complexity index is 234. The Balaban J connectivity index is 2.12. The van der Waals surface area contributed by atoms with Gasteiger partial charge in [0.1, 0.15) is 0 Å². The first-order valence-corrected chi connectivity index (χ1v) is 5.41. The lowest BCUT2D eigenvalue weighted by atomic mass is 9.64. The summed E-state index contributed by atoms with van der Waals surface area (Å²) >= 11 is 0. The van der Waals surface area contributed by atoms with Crippen molar-refractivity contribution < 1.29 is 9.90 Å². The van der Waals surface area contributed by atoms with Crippen LogP contribution in [0.5, 0.6) is 0 Å². The Hall–Kier alpha value is -0.570. The second kappa shape index (κ2) is 3.23. The van der Waals surface area contributed by atoms with Crippen LogP contribution in [0.2, 0.25) is 0 Å². The quantitative estimate of drug-likeness (QED) is 0.691. The highest BCUT2D eigenvalue weighted by atomic mass is 16.4. The fraction of sp³-hybridized carbons (Fsp3) is 0.909. The van der Waals surface area contributed by atoms with Gasteiger partial charge in [0.05, 0.1) is 5.41 Å². The van der Waals surface area contributed by atoms with Gasteiger partial charge in [-0.15, -0.1) is 0 Å². The van der Waals surface area contributed by atoms with Crippen LogP contribution in [0.25, 0.3) is 0 Å². The molecule has 1 N–H and O–H groups in total. The van der Waals surface area contributed by atoms with E-state index >= 15 is 0 Å². The summed E-state index contributed by atoms with van der Waals surface area (Å²) in [6.45, 7) is 4.08. The minimum Gasteiger partial charge on any atom is -0.481 e. The molecular weight excluding hydrogens is 178 g/mol. The molecule has 0 spiro atoms. The number of carbonyl (C=O) groups is 1. The molecule has 3 heteroatoms. The molecule has 1 aliphatic heterocycles. The number of carboxylic acid groups (broad SMARTS) is 1. The first-order valence-electron chi connectivity index (χ1n) is 5.41. The molecule has 1 saturated carbocycles. The number of nitrogens with zero attached hydrogens (tertiary/aromatic N) is 1. The van der Waals surface area contributed by atoms with E-state index in [-0.39, 0.29) is 0 Å². The smallest absolute Gasteiger partial charge is 0.309 e. The molecule has 1 saturated heterocycles. The van der Waals surface area contributed by atoms with Gasteiger partial charge in [0, 0.05) is 13.1 Å². The third-order valence-electron chi connectivity index (χ3n) is 3.80. The molecule has 3 atom stereocenters. The zero-order chi connectivity index (χ0) is 10.3. The van der Waals surface area contributed by atoms with E-state index < -0.39 is 11.4 Å². The number of rotatable bonds is 1. The van der Waals surface area contributed by atoms with E-state index in [1.165, 1.54) is 6.42 Å². The fourth-order valence-electron chi connectivity index (χ4n) is 3.40. The third kappa shape index (κ3) is 1.65. The highest BCUT2D eigenvalue weighted by Gasteiger charge is 2.44. The van der Waals surface area contributed by atoms with Gasteiger partial charge in [-0.1, -0.05) is 0 Å². The summed E-state index contributed by atoms with van der Waals surface area (Å²) in [4.78, 5) is 13.5. The number of piperidine rings is 1. The van der Waals surface area contributed by atoms with Gasteiger partial charge in [-0.25, -0.2) is 0 Å². The highest BCUT2D eigenvalue weighted by Crippen LogP contribution is 2.44. The Morgan fingerprint density at radius 3 is 2.29 bits per heavy atom. The average Bonchev–Trinajstić information content (AvgIpc) is 2.00. The number of carboxylic acids is 1. The van der Waals surface area contributed by atoms with Gasteiger partial charge in [0.15, 0.2) is 0 Å². The van der Waals surface area contributed by atoms with Gasteiger partial charge in [0.25, 0.3) is 0 Å². The monoisotopic (exact) mass is 197 g/mol. The van der Waals surface area contributed by atoms with Crippen molar-refractivity contribution in [3.63, 3.8) is 0 Å². The molecule has 0 aromatic rings. The van der Waals surface area contributed by atoms with E-state index in [0.29, 0.717) is 11.8 Å². The molecule has 2 rings (SSSR count). The van der Waals surface area contributed by atoms with E-state index in [2.05, 4.69) is 11.9 Å². The molecule has 1 heterocycles. The molecule has 0 amide bonds. The zero-order valence-electron chi connectivity index (χ0n) is 8.99. The van der Waals surface area contributed by atoms with Crippen molar-refractivity contribution in [3.05, 3.63) is 0 Å². The van der Waals surface area contributed by atoms with E-state index in [4.69, 9.17) is 0 Å². The lowest BCUT2D eigenvalue weighted by Gasteiger charge is -2.46. The summed E-state index contributed by atoms with van der Waals surface area (Å²) in [6, 6.07) is 0. The molecule has 80 valence electrons. The minimum absolute atomic E-state index is 0.450. The number of hydrogen-bond donors (Lipinski definition) is 1. The van der Waals surface area contributed by atoms with Crippen molar-refractivity contribution in [3.8, 4) is 0 Å². The number of hydrogen-bond acceptors (Lipinski definition) is 2. The Morgan fingerprint density at radius 1 is 1.36 bits per heavy atom. The Morgan fingerprint density at radius 2 is 1.86 bits per heavy atom. The van der Waals surface area contributed by atoms with E-state index in [9.17, 15) is 9.90 Å². The minimum atomic E-state index is -0.600. The molecule has 1 aliphatic carbocycles. The van der Waals surface area contributed by atoms with E-state index in [0.717, 1.165) is 25.9 Å². The van der Waals surface area contributed by atoms with Crippen LogP contribution in [0.4, 0.5) is 0 Å². The summed E-state index contributed by atoms with van der Waals surface area (Å²) in [6.07, 6.45) is 2.97. The second-order valence-corrected chi connectivity index (χ2v) is 5.46. The average molecular weight is 197 g/mol. The van der Waals surface area contributed by atoms with Crippen LogP contribution in [0.1, 0.15) is 26.2 Å². The predicted octanol–water partition coefficient (Wildman–Crippen LogP) is 1.44. The van der Waals surface area contributed by atoms with Crippen molar-refractivity contribution in [1.29, 1.82) is 0 Å². The first kappa shape index (κ1) is 9.97. The lowest BCUT2D eigenvalue weighted by molar-refractivity contribution is -0.153. The molecule has 2 bridgehead atoms. The summed E-state index contributed by atoms with van der Waals surface area (Å²) < 4.78 is 0. The van der Waals surface area contributed by atoms with E-state index in [1.54, 1.807) is 0 Å². The second-order valence-electron chi connectivity index (χ2n) is 5.46. The maximum atomic E-state index is 11.2. The van der Waals surface area contributed by atoms with Crippen molar-refractivity contribution in [2.45, 2.75) is 26.2 Å². The summed E-state index contributed by atoms with van der Waals surface area (Å²) in [5, 5.41) is 9.20. The highest BCUT2D eigenvalue weighted by molar-refractivity contribution is 5.74. The molecule has 2 aliphatic rings. The van der Waals surface area contributed by atoms with Gasteiger partial charge in [-0.05, 0) is 45.1 Å². The molecular formula is C11H19NO2. The molecule has 3 nitrogen and oxygen atoms in total. The van der Waals surface area contributed by atoms with Crippen LogP contribution in [0, 0.1) is 17.3 Å². The summed E-state index contributed by atoms with van der Waals surface area (Å²) in [7, 11) is 2.14. The summed E-state index contributed by atoms with van der Waals surface area (Å²) in [5.41, 5.74) is -0.450. The maximum Gasteiger partial charge on any atom is 0.309 e. The molecule has 0 radical (unpaired) electrons. The van der Waals surface area contributed by atoms with Gasteiger partial charge in [-0.2, -0.15) is 0 Å². The van der Waals surface area contributed by atoms with Crippen LogP contribution < -0.4 is 0 Å². The van der Waals surface area contributed by atoms with Crippen LogP contribution >= 0.6 is 0 Å². The zero-order valence-corrected chi connectivity index (χ0v) is 8.99. The molecule has 2 fully saturated rings. The predicted molar refractivity (Wildman–Crippen MR) is 54.1 cm³/mol. The van der Waals surface area contributed by atoms with Crippen LogP contribution in [0.15, 0.2) is 0 Å². The fourth-order valence-corrected chi connectivity index (χ4v) is 3.40. The van der Waals surface area contributed by atoms with Crippen LogP contribution in [0.3, 0.4) is 0 Å². The van der Waals surface area contributed by atoms with Crippen LogP contribution in [-0.4, -0.2) is 36.1 Å². The Labute approximate surface area is 85.1 Å². The van der Waals surface area contributed by atoms with E-state index in [1.807, 2.05) is 6.92 Å². The first-order chi connectivity index (χ1) is 6.49. The van der Waals surface area contributed by atoms with Crippen molar-refractivity contribution >= 4 is 5.97 Å². The lowest BCUT2D eigenvalue weighted by Crippen LogP contribution is -2.48. The molecule has 0 aromatic carbocycles. The normalized spacial score (nSPS) is 43.6. The van der Waals surface area contributed by atoms with Gasteiger partial charge < -0.3 is 10.0 Å². The SMILES string of the molecule is CN1C[C@H]2C[C@@H](C1)CC(C)(C(=O)O)C2. The van der Waals surface area contributed by atoms with Crippen molar-refractivity contribution in [2.75, 3.05) is 20.1 Å². The molecule has 1 unspecified atom stereocenters. The number of aliphatic carboxylic acids is 1. The Kier molecular flexibility index (Phi) is 2.30. The van der Waals surface area contributed by atoms with Gasteiger partial charge in [-0.3, -0.25) is 4.79 Å². The number of fused-ring (bicyclic) bond motifs is 2. The largest absolute Gasteiger partial charge is 0.481 e. The molecule has 14 heavy (non-hydrogen) atoms. The topological polar surface area (TPSA) is 40.5 Å². The van der Waals surface area contributed by atoms with Gasteiger partial charge in [0.2, 0.25) is 0 Å². The molecule has 0 aromatic heterocycles. The maximum absolute atomic E-state index is 11.2.